The molecule has 5 rings (SSSR count). The Bertz CT molecular complexity index is 920. The van der Waals surface area contributed by atoms with Crippen LogP contribution in [0, 0.1) is 6.92 Å². The molecule has 7 heteroatoms. The van der Waals surface area contributed by atoms with Crippen molar-refractivity contribution in [3.8, 4) is 22.7 Å². The number of hydrogen-bond donors (Lipinski definition) is 0. The summed E-state index contributed by atoms with van der Waals surface area (Å²) in [6.07, 6.45) is 2.62. The summed E-state index contributed by atoms with van der Waals surface area (Å²) in [5.41, 5.74) is 2.49. The summed E-state index contributed by atoms with van der Waals surface area (Å²) in [5, 5.41) is 12.8. The van der Waals surface area contributed by atoms with Gasteiger partial charge in [-0.05, 0) is 26.3 Å². The van der Waals surface area contributed by atoms with Crippen LogP contribution in [0.4, 0.5) is 0 Å². The molecule has 1 aromatic carbocycles. The summed E-state index contributed by atoms with van der Waals surface area (Å²) in [6.45, 7) is 7.09. The monoisotopic (exact) mass is 365 g/mol. The van der Waals surface area contributed by atoms with Crippen molar-refractivity contribution >= 4 is 0 Å². The lowest BCUT2D eigenvalue weighted by atomic mass is 10.1. The van der Waals surface area contributed by atoms with Gasteiger partial charge in [-0.25, -0.2) is 0 Å². The number of rotatable bonds is 4. The van der Waals surface area contributed by atoms with E-state index in [1.807, 2.05) is 37.3 Å². The van der Waals surface area contributed by atoms with E-state index in [-0.39, 0.29) is 0 Å². The quantitative estimate of drug-likeness (QED) is 0.704. The third kappa shape index (κ3) is 3.17. The highest BCUT2D eigenvalue weighted by molar-refractivity contribution is 5.77. The van der Waals surface area contributed by atoms with E-state index in [4.69, 9.17) is 8.94 Å². The van der Waals surface area contributed by atoms with Gasteiger partial charge in [-0.15, -0.1) is 10.2 Å². The van der Waals surface area contributed by atoms with Gasteiger partial charge >= 0.3 is 0 Å². The molecule has 2 aliphatic heterocycles. The van der Waals surface area contributed by atoms with Crippen LogP contribution in [0.15, 0.2) is 39.3 Å². The number of fused-ring (bicyclic) bond motifs is 1. The predicted octanol–water partition coefficient (Wildman–Crippen LogP) is 2.98. The van der Waals surface area contributed by atoms with Gasteiger partial charge in [0.25, 0.3) is 5.89 Å². The van der Waals surface area contributed by atoms with Gasteiger partial charge in [0, 0.05) is 31.2 Å². The molecule has 0 amide bonds. The maximum Gasteiger partial charge on any atom is 0.253 e. The van der Waals surface area contributed by atoms with Crippen LogP contribution >= 0.6 is 0 Å². The second-order valence-corrected chi connectivity index (χ2v) is 7.40. The largest absolute Gasteiger partial charge is 0.419 e. The van der Waals surface area contributed by atoms with Crippen molar-refractivity contribution in [3.63, 3.8) is 0 Å². The van der Waals surface area contributed by atoms with Crippen LogP contribution in [0.3, 0.4) is 0 Å². The molecular weight excluding hydrogens is 342 g/mol. The fraction of sp³-hybridized carbons (Fsp3) is 0.450. The summed E-state index contributed by atoms with van der Waals surface area (Å²) in [4.78, 5) is 5.02. The van der Waals surface area contributed by atoms with Crippen LogP contribution < -0.4 is 0 Å². The molecule has 2 saturated heterocycles. The zero-order valence-electron chi connectivity index (χ0n) is 15.5. The summed E-state index contributed by atoms with van der Waals surface area (Å²) in [6, 6.07) is 10.6. The van der Waals surface area contributed by atoms with Crippen LogP contribution in [0.25, 0.3) is 22.7 Å². The highest BCUT2D eigenvalue weighted by Gasteiger charge is 2.31. The van der Waals surface area contributed by atoms with Gasteiger partial charge in [0.15, 0.2) is 0 Å². The maximum atomic E-state index is 6.01. The molecule has 0 aliphatic carbocycles. The van der Waals surface area contributed by atoms with E-state index in [1.54, 1.807) is 0 Å². The number of aryl methyl sites for hydroxylation is 1. The van der Waals surface area contributed by atoms with E-state index >= 15 is 0 Å². The maximum absolute atomic E-state index is 6.01. The fourth-order valence-electron chi connectivity index (χ4n) is 4.23. The Labute approximate surface area is 158 Å². The van der Waals surface area contributed by atoms with Gasteiger partial charge in [-0.1, -0.05) is 35.5 Å². The van der Waals surface area contributed by atoms with Crippen LogP contribution in [0.5, 0.6) is 0 Å². The molecule has 4 heterocycles. The van der Waals surface area contributed by atoms with E-state index < -0.39 is 0 Å². The molecule has 1 unspecified atom stereocenters. The molecule has 2 aromatic heterocycles. The van der Waals surface area contributed by atoms with Gasteiger partial charge in [-0.3, -0.25) is 9.80 Å². The van der Waals surface area contributed by atoms with Gasteiger partial charge in [0.1, 0.15) is 17.0 Å². The first-order valence-electron chi connectivity index (χ1n) is 9.59. The minimum absolute atomic E-state index is 0.474. The Morgan fingerprint density at radius 1 is 1.11 bits per heavy atom. The zero-order valence-corrected chi connectivity index (χ0v) is 15.5. The molecule has 0 bridgehead atoms. The minimum atomic E-state index is 0.474. The first-order chi connectivity index (χ1) is 13.3. The summed E-state index contributed by atoms with van der Waals surface area (Å²) < 4.78 is 11.4. The average Bonchev–Trinajstić information content (AvgIpc) is 3.42. The molecule has 0 spiro atoms. The van der Waals surface area contributed by atoms with Gasteiger partial charge in [0.2, 0.25) is 5.89 Å². The lowest BCUT2D eigenvalue weighted by molar-refractivity contribution is 0.0929. The number of piperazine rings is 1. The molecule has 27 heavy (non-hydrogen) atoms. The van der Waals surface area contributed by atoms with Gasteiger partial charge < -0.3 is 8.94 Å². The normalized spacial score (nSPS) is 20.9. The van der Waals surface area contributed by atoms with Crippen molar-refractivity contribution < 1.29 is 8.94 Å². The molecule has 1 atom stereocenters. The van der Waals surface area contributed by atoms with Crippen LogP contribution in [0.1, 0.15) is 24.5 Å². The molecule has 0 N–H and O–H groups in total. The number of benzene rings is 1. The minimum Gasteiger partial charge on any atom is -0.419 e. The van der Waals surface area contributed by atoms with E-state index in [1.165, 1.54) is 19.4 Å². The Morgan fingerprint density at radius 3 is 2.89 bits per heavy atom. The van der Waals surface area contributed by atoms with Gasteiger partial charge in [0.05, 0.1) is 6.54 Å². The molecule has 2 fully saturated rings. The Kier molecular flexibility index (Phi) is 4.26. The molecule has 140 valence electrons. The number of hydrogen-bond acceptors (Lipinski definition) is 7. The molecular formula is C20H23N5O2. The highest BCUT2D eigenvalue weighted by atomic mass is 16.5. The summed E-state index contributed by atoms with van der Waals surface area (Å²) in [5.74, 6) is 1.81. The Hall–Kier alpha value is -2.51. The zero-order chi connectivity index (χ0) is 18.2. The lowest BCUT2D eigenvalue weighted by Gasteiger charge is -2.36. The second-order valence-electron chi connectivity index (χ2n) is 7.40. The lowest BCUT2D eigenvalue weighted by Crippen LogP contribution is -2.49. The van der Waals surface area contributed by atoms with Crippen LogP contribution in [-0.4, -0.2) is 57.4 Å². The smallest absolute Gasteiger partial charge is 0.253 e. The second kappa shape index (κ2) is 6.90. The van der Waals surface area contributed by atoms with Crippen molar-refractivity contribution in [3.05, 3.63) is 42.0 Å². The van der Waals surface area contributed by atoms with Crippen molar-refractivity contribution in [1.29, 1.82) is 0 Å². The van der Waals surface area contributed by atoms with Crippen molar-refractivity contribution in [2.45, 2.75) is 32.4 Å². The molecule has 0 saturated carbocycles. The number of aromatic nitrogens is 3. The SMILES string of the molecule is Cc1onc(-c2ccccc2)c1-c1nnc(CN2CCN3CCCC3C2)o1. The predicted molar refractivity (Wildman–Crippen MR) is 99.8 cm³/mol. The molecule has 0 radical (unpaired) electrons. The van der Waals surface area contributed by atoms with Crippen molar-refractivity contribution in [1.82, 2.24) is 25.2 Å². The molecule has 7 nitrogen and oxygen atoms in total. The van der Waals surface area contributed by atoms with Crippen molar-refractivity contribution in [2.24, 2.45) is 0 Å². The molecule has 2 aliphatic rings. The van der Waals surface area contributed by atoms with E-state index in [0.29, 0.717) is 30.1 Å². The van der Waals surface area contributed by atoms with Crippen molar-refractivity contribution in [2.75, 3.05) is 26.2 Å². The first kappa shape index (κ1) is 16.6. The fourth-order valence-corrected chi connectivity index (χ4v) is 4.23. The third-order valence-electron chi connectivity index (χ3n) is 5.62. The average molecular weight is 365 g/mol. The molecule has 3 aromatic rings. The van der Waals surface area contributed by atoms with Crippen LogP contribution in [0.2, 0.25) is 0 Å². The Morgan fingerprint density at radius 2 is 2.00 bits per heavy atom. The highest BCUT2D eigenvalue weighted by Crippen LogP contribution is 2.33. The first-order valence-corrected chi connectivity index (χ1v) is 9.59. The summed E-state index contributed by atoms with van der Waals surface area (Å²) >= 11 is 0. The van der Waals surface area contributed by atoms with Gasteiger partial charge in [-0.2, -0.15) is 0 Å². The topological polar surface area (TPSA) is 71.4 Å². The number of nitrogens with zero attached hydrogens (tertiary/aromatic N) is 5. The van der Waals surface area contributed by atoms with E-state index in [0.717, 1.165) is 36.5 Å². The standard InChI is InChI=1S/C20H23N5O2/c1-14-18(19(23-27-14)15-6-3-2-4-7-15)20-22-21-17(26-20)13-24-10-11-25-9-5-8-16(25)12-24/h2-4,6-7,16H,5,8-13H2,1H3. The Balaban J connectivity index is 1.36. The van der Waals surface area contributed by atoms with Crippen LogP contribution in [-0.2, 0) is 6.54 Å². The van der Waals surface area contributed by atoms with E-state index in [9.17, 15) is 0 Å². The summed E-state index contributed by atoms with van der Waals surface area (Å²) in [7, 11) is 0. The van der Waals surface area contributed by atoms with E-state index in [2.05, 4.69) is 25.2 Å². The third-order valence-corrected chi connectivity index (χ3v) is 5.62.